The molecule has 3 aliphatic heterocycles. The fourth-order valence-electron chi connectivity index (χ4n) is 5.48. The van der Waals surface area contributed by atoms with Crippen LogP contribution in [0.25, 0.3) is 10.9 Å². The Morgan fingerprint density at radius 2 is 1.84 bits per heavy atom. The normalized spacial score (nSPS) is 21.4. The molecule has 2 aromatic rings. The first kappa shape index (κ1) is 22.3. The second kappa shape index (κ2) is 9.37. The van der Waals surface area contributed by atoms with Crippen LogP contribution in [-0.4, -0.2) is 77.0 Å². The summed E-state index contributed by atoms with van der Waals surface area (Å²) < 4.78 is 10.1. The summed E-state index contributed by atoms with van der Waals surface area (Å²) in [6.45, 7) is 7.86. The van der Waals surface area contributed by atoms with E-state index in [1.807, 2.05) is 11.0 Å². The van der Waals surface area contributed by atoms with Gasteiger partial charge in [0.1, 0.15) is 0 Å². The number of piperidine rings is 1. The number of carbonyl (C=O) groups is 1. The number of nitrogens with zero attached hydrogens (tertiary/aromatic N) is 4. The van der Waals surface area contributed by atoms with Gasteiger partial charge < -0.3 is 9.64 Å². The number of likely N-dealkylation sites (tertiary alicyclic amines) is 1. The number of hydrogen-bond acceptors (Lipinski definition) is 5. The fraction of sp³-hybridized carbons (Fsp3) is 0.640. The Kier molecular flexibility index (Phi) is 6.52. The van der Waals surface area contributed by atoms with E-state index in [4.69, 9.17) is 4.74 Å². The number of hydrogen-bond donors (Lipinski definition) is 0. The first-order valence-electron chi connectivity index (χ1n) is 12.1. The molecule has 7 heteroatoms. The average Bonchev–Trinajstić information content (AvgIpc) is 3.11. The first-order valence-corrected chi connectivity index (χ1v) is 12.9. The molecule has 0 N–H and O–H groups in total. The topological polar surface area (TPSA) is 41.0 Å². The molecule has 0 saturated carbocycles. The van der Waals surface area contributed by atoms with Gasteiger partial charge in [0.2, 0.25) is 0 Å². The highest BCUT2D eigenvalue weighted by molar-refractivity contribution is 7.95. The smallest absolute Gasteiger partial charge is 0.253 e. The molecule has 0 unspecified atom stereocenters. The van der Waals surface area contributed by atoms with E-state index in [9.17, 15) is 4.79 Å². The zero-order chi connectivity index (χ0) is 22.2. The van der Waals surface area contributed by atoms with Crippen molar-refractivity contribution in [3.63, 3.8) is 0 Å². The molecule has 2 fully saturated rings. The van der Waals surface area contributed by atoms with Gasteiger partial charge in [0.25, 0.3) is 5.91 Å². The van der Waals surface area contributed by atoms with Crippen LogP contribution in [0.5, 0.6) is 0 Å². The molecule has 174 valence electrons. The zero-order valence-electron chi connectivity index (χ0n) is 19.7. The number of fused-ring (bicyclic) bond motifs is 3. The minimum absolute atomic E-state index is 0.192. The largest absolute Gasteiger partial charge is 0.381 e. The summed E-state index contributed by atoms with van der Waals surface area (Å²) in [5.74, 6) is 0.916. The highest BCUT2D eigenvalue weighted by atomic mass is 32.2. The fourth-order valence-corrected chi connectivity index (χ4v) is 6.36. The second-order valence-electron chi connectivity index (χ2n) is 9.88. The summed E-state index contributed by atoms with van der Waals surface area (Å²) >= 11 is 1.74. The van der Waals surface area contributed by atoms with Crippen molar-refractivity contribution in [2.45, 2.75) is 51.6 Å². The van der Waals surface area contributed by atoms with Crippen molar-refractivity contribution in [2.24, 2.45) is 5.92 Å². The lowest BCUT2D eigenvalue weighted by molar-refractivity contribution is 0.0291. The molecule has 0 spiro atoms. The van der Waals surface area contributed by atoms with Crippen LogP contribution in [-0.2, 0) is 17.7 Å². The Bertz CT molecular complexity index is 974. The van der Waals surface area contributed by atoms with Crippen LogP contribution in [0.1, 0.15) is 54.2 Å². The summed E-state index contributed by atoms with van der Waals surface area (Å²) in [6, 6.07) is 6.99. The first-order chi connectivity index (χ1) is 15.5. The SMILES string of the molecule is CC1CCN(C(=O)c2ccc3c(c2)c2c(n3SN(C)C)CCN(C3CCOCC3)C2)CC1. The molecule has 3 aliphatic rings. The van der Waals surface area contributed by atoms with Gasteiger partial charge in [0.05, 0.1) is 5.52 Å². The molecule has 0 atom stereocenters. The Morgan fingerprint density at radius 1 is 1.09 bits per heavy atom. The lowest BCUT2D eigenvalue weighted by Gasteiger charge is -2.37. The van der Waals surface area contributed by atoms with E-state index in [0.717, 1.165) is 83.0 Å². The van der Waals surface area contributed by atoms with Crippen molar-refractivity contribution in [3.8, 4) is 0 Å². The maximum atomic E-state index is 13.3. The van der Waals surface area contributed by atoms with Crippen molar-refractivity contribution in [2.75, 3.05) is 46.9 Å². The van der Waals surface area contributed by atoms with Crippen molar-refractivity contribution in [1.82, 2.24) is 18.1 Å². The van der Waals surface area contributed by atoms with Crippen LogP contribution in [0.2, 0.25) is 0 Å². The van der Waals surface area contributed by atoms with Crippen LogP contribution in [0, 0.1) is 5.92 Å². The van der Waals surface area contributed by atoms with Gasteiger partial charge in [0.15, 0.2) is 0 Å². The van der Waals surface area contributed by atoms with Gasteiger partial charge in [-0.05, 0) is 69.5 Å². The van der Waals surface area contributed by atoms with E-state index in [0.29, 0.717) is 6.04 Å². The van der Waals surface area contributed by atoms with E-state index >= 15 is 0 Å². The molecule has 0 radical (unpaired) electrons. The molecule has 1 aromatic heterocycles. The summed E-state index contributed by atoms with van der Waals surface area (Å²) in [7, 11) is 4.19. The predicted molar refractivity (Wildman–Crippen MR) is 131 cm³/mol. The third-order valence-electron chi connectivity index (χ3n) is 7.40. The third kappa shape index (κ3) is 4.32. The molecule has 4 heterocycles. The number of carbonyl (C=O) groups excluding carboxylic acids is 1. The van der Waals surface area contributed by atoms with Crippen molar-refractivity contribution in [1.29, 1.82) is 0 Å². The van der Waals surface area contributed by atoms with Gasteiger partial charge >= 0.3 is 0 Å². The van der Waals surface area contributed by atoms with E-state index in [1.165, 1.54) is 22.2 Å². The molecule has 5 rings (SSSR count). The van der Waals surface area contributed by atoms with Crippen molar-refractivity contribution >= 4 is 28.9 Å². The van der Waals surface area contributed by atoms with Crippen LogP contribution in [0.15, 0.2) is 18.2 Å². The van der Waals surface area contributed by atoms with Crippen molar-refractivity contribution in [3.05, 3.63) is 35.0 Å². The summed E-state index contributed by atoms with van der Waals surface area (Å²) in [5.41, 5.74) is 4.89. The molecule has 32 heavy (non-hydrogen) atoms. The average molecular weight is 457 g/mol. The highest BCUT2D eigenvalue weighted by Crippen LogP contribution is 2.36. The highest BCUT2D eigenvalue weighted by Gasteiger charge is 2.30. The summed E-state index contributed by atoms with van der Waals surface area (Å²) in [6.07, 6.45) is 5.52. The van der Waals surface area contributed by atoms with Gasteiger partial charge in [-0.3, -0.25) is 13.7 Å². The molecular weight excluding hydrogens is 420 g/mol. The number of benzene rings is 1. The van der Waals surface area contributed by atoms with E-state index < -0.39 is 0 Å². The van der Waals surface area contributed by atoms with E-state index in [1.54, 1.807) is 12.1 Å². The Morgan fingerprint density at radius 3 is 2.56 bits per heavy atom. The number of ether oxygens (including phenoxy) is 1. The van der Waals surface area contributed by atoms with Crippen LogP contribution >= 0.6 is 12.1 Å². The lowest BCUT2D eigenvalue weighted by Crippen LogP contribution is -2.42. The maximum absolute atomic E-state index is 13.3. The molecule has 1 aromatic carbocycles. The molecule has 1 amide bonds. The zero-order valence-corrected chi connectivity index (χ0v) is 20.5. The Balaban J connectivity index is 1.49. The maximum Gasteiger partial charge on any atom is 0.253 e. The van der Waals surface area contributed by atoms with Crippen molar-refractivity contribution < 1.29 is 9.53 Å². The summed E-state index contributed by atoms with van der Waals surface area (Å²) in [5, 5.41) is 1.25. The molecule has 0 bridgehead atoms. The second-order valence-corrected chi connectivity index (χ2v) is 11.1. The number of rotatable bonds is 4. The molecule has 6 nitrogen and oxygen atoms in total. The monoisotopic (exact) mass is 456 g/mol. The predicted octanol–water partition coefficient (Wildman–Crippen LogP) is 4.02. The molecule has 0 aliphatic carbocycles. The van der Waals surface area contributed by atoms with E-state index in [-0.39, 0.29) is 5.91 Å². The van der Waals surface area contributed by atoms with Crippen LogP contribution < -0.4 is 0 Å². The standard InChI is InChI=1S/C25H36N4O2S/c1-18-6-11-27(12-7-18)25(30)19-4-5-23-21(16-19)22-17-28(20-9-14-31-15-10-20)13-8-24(22)29(23)32-26(2)3/h4-5,16,18,20H,6-15,17H2,1-3H3. The quantitative estimate of drug-likeness (QED) is 0.650. The van der Waals surface area contributed by atoms with Gasteiger partial charge in [-0.15, -0.1) is 0 Å². The van der Waals surface area contributed by atoms with Gasteiger partial charge in [-0.2, -0.15) is 0 Å². The number of aromatic nitrogens is 1. The minimum atomic E-state index is 0.192. The molecule has 2 saturated heterocycles. The summed E-state index contributed by atoms with van der Waals surface area (Å²) in [4.78, 5) is 18.0. The Hall–Kier alpha value is -1.54. The van der Waals surface area contributed by atoms with E-state index in [2.05, 4.69) is 46.3 Å². The third-order valence-corrected chi connectivity index (χ3v) is 8.31. The van der Waals surface area contributed by atoms with Crippen LogP contribution in [0.3, 0.4) is 0 Å². The lowest BCUT2D eigenvalue weighted by atomic mass is 9.97. The molecular formula is C25H36N4O2S. The minimum Gasteiger partial charge on any atom is -0.381 e. The van der Waals surface area contributed by atoms with Gasteiger partial charge in [0, 0.05) is 80.6 Å². The number of amides is 1. The Labute approximate surface area is 196 Å². The van der Waals surface area contributed by atoms with Crippen LogP contribution in [0.4, 0.5) is 0 Å². The van der Waals surface area contributed by atoms with Gasteiger partial charge in [-0.1, -0.05) is 6.92 Å². The van der Waals surface area contributed by atoms with Gasteiger partial charge in [-0.25, -0.2) is 4.31 Å².